The SMILES string of the molecule is c1ccc2c(c1)nc1n2CNCC1. The zero-order valence-corrected chi connectivity index (χ0v) is 7.33. The van der Waals surface area contributed by atoms with Gasteiger partial charge in [0.25, 0.3) is 0 Å². The fourth-order valence-electron chi connectivity index (χ4n) is 1.88. The van der Waals surface area contributed by atoms with Crippen LogP contribution in [0.4, 0.5) is 0 Å². The third-order valence-electron chi connectivity index (χ3n) is 2.53. The molecule has 0 aliphatic carbocycles. The minimum Gasteiger partial charge on any atom is -0.314 e. The van der Waals surface area contributed by atoms with Gasteiger partial charge in [-0.2, -0.15) is 0 Å². The van der Waals surface area contributed by atoms with Gasteiger partial charge < -0.3 is 4.57 Å². The van der Waals surface area contributed by atoms with E-state index in [0.29, 0.717) is 0 Å². The number of para-hydroxylation sites is 2. The first-order valence-corrected chi connectivity index (χ1v) is 4.60. The topological polar surface area (TPSA) is 29.9 Å². The number of hydrogen-bond donors (Lipinski definition) is 1. The Kier molecular flexibility index (Phi) is 1.40. The lowest BCUT2D eigenvalue weighted by Gasteiger charge is -2.15. The van der Waals surface area contributed by atoms with Crippen molar-refractivity contribution < 1.29 is 0 Å². The highest BCUT2D eigenvalue weighted by Crippen LogP contribution is 2.16. The molecule has 3 heteroatoms. The summed E-state index contributed by atoms with van der Waals surface area (Å²) in [4.78, 5) is 4.58. The van der Waals surface area contributed by atoms with Gasteiger partial charge in [-0.25, -0.2) is 4.98 Å². The molecule has 1 aromatic carbocycles. The van der Waals surface area contributed by atoms with E-state index in [-0.39, 0.29) is 0 Å². The number of rotatable bonds is 0. The number of fused-ring (bicyclic) bond motifs is 3. The van der Waals surface area contributed by atoms with Crippen molar-refractivity contribution in [1.29, 1.82) is 0 Å². The summed E-state index contributed by atoms with van der Waals surface area (Å²) in [6.45, 7) is 1.94. The van der Waals surface area contributed by atoms with Crippen LogP contribution in [0.5, 0.6) is 0 Å². The number of hydrogen-bond acceptors (Lipinski definition) is 2. The minimum absolute atomic E-state index is 0.899. The monoisotopic (exact) mass is 173 g/mol. The van der Waals surface area contributed by atoms with Crippen LogP contribution in [0.25, 0.3) is 11.0 Å². The first kappa shape index (κ1) is 7.09. The molecular formula is C10H11N3. The van der Waals surface area contributed by atoms with E-state index in [4.69, 9.17) is 0 Å². The van der Waals surface area contributed by atoms with Crippen LogP contribution in [0.1, 0.15) is 5.82 Å². The molecule has 3 nitrogen and oxygen atoms in total. The molecule has 0 spiro atoms. The molecular weight excluding hydrogens is 162 g/mol. The Labute approximate surface area is 76.4 Å². The molecule has 3 rings (SSSR count). The highest BCUT2D eigenvalue weighted by Gasteiger charge is 2.12. The quantitative estimate of drug-likeness (QED) is 0.647. The van der Waals surface area contributed by atoms with Gasteiger partial charge in [0.2, 0.25) is 0 Å². The molecule has 0 amide bonds. The summed E-state index contributed by atoms with van der Waals surface area (Å²) in [5.41, 5.74) is 2.35. The standard InChI is InChI=1S/C10H11N3/c1-2-4-9-8(3-1)12-10-5-6-11-7-13(9)10/h1-4,11H,5-7H2. The largest absolute Gasteiger partial charge is 0.314 e. The Balaban J connectivity index is 2.34. The number of benzene rings is 1. The summed E-state index contributed by atoms with van der Waals surface area (Å²) >= 11 is 0. The van der Waals surface area contributed by atoms with E-state index in [1.807, 2.05) is 6.07 Å². The van der Waals surface area contributed by atoms with E-state index in [2.05, 4.69) is 33.1 Å². The first-order chi connectivity index (χ1) is 6.45. The first-order valence-electron chi connectivity index (χ1n) is 4.60. The van der Waals surface area contributed by atoms with Gasteiger partial charge in [0.15, 0.2) is 0 Å². The second-order valence-corrected chi connectivity index (χ2v) is 3.35. The fraction of sp³-hybridized carbons (Fsp3) is 0.300. The Morgan fingerprint density at radius 1 is 1.31 bits per heavy atom. The summed E-state index contributed by atoms with van der Waals surface area (Å²) in [7, 11) is 0. The molecule has 13 heavy (non-hydrogen) atoms. The van der Waals surface area contributed by atoms with E-state index in [1.165, 1.54) is 11.3 Å². The Morgan fingerprint density at radius 2 is 2.23 bits per heavy atom. The van der Waals surface area contributed by atoms with E-state index in [0.717, 1.165) is 25.2 Å². The molecule has 0 radical (unpaired) electrons. The van der Waals surface area contributed by atoms with Crippen molar-refractivity contribution in [3.63, 3.8) is 0 Å². The highest BCUT2D eigenvalue weighted by atomic mass is 15.2. The van der Waals surface area contributed by atoms with Gasteiger partial charge >= 0.3 is 0 Å². The summed E-state index contributed by atoms with van der Waals surface area (Å²) in [6, 6.07) is 8.29. The van der Waals surface area contributed by atoms with Crippen LogP contribution >= 0.6 is 0 Å². The minimum atomic E-state index is 0.899. The predicted molar refractivity (Wildman–Crippen MR) is 51.4 cm³/mol. The second-order valence-electron chi connectivity index (χ2n) is 3.35. The maximum Gasteiger partial charge on any atom is 0.112 e. The predicted octanol–water partition coefficient (Wildman–Crippen LogP) is 1.14. The van der Waals surface area contributed by atoms with E-state index in [1.54, 1.807) is 0 Å². The second kappa shape index (κ2) is 2.57. The van der Waals surface area contributed by atoms with Crippen LogP contribution in [-0.4, -0.2) is 16.1 Å². The zero-order valence-electron chi connectivity index (χ0n) is 7.33. The average Bonchev–Trinajstić information content (AvgIpc) is 2.56. The van der Waals surface area contributed by atoms with Crippen LogP contribution in [0.3, 0.4) is 0 Å². The van der Waals surface area contributed by atoms with Gasteiger partial charge in [0.1, 0.15) is 5.82 Å². The zero-order chi connectivity index (χ0) is 8.67. The van der Waals surface area contributed by atoms with Crippen molar-refractivity contribution in [2.45, 2.75) is 13.1 Å². The van der Waals surface area contributed by atoms with Crippen LogP contribution in [0.2, 0.25) is 0 Å². The summed E-state index contributed by atoms with van der Waals surface area (Å²) in [5.74, 6) is 1.21. The fourth-order valence-corrected chi connectivity index (χ4v) is 1.88. The van der Waals surface area contributed by atoms with Crippen molar-refractivity contribution in [2.24, 2.45) is 0 Å². The summed E-state index contributed by atoms with van der Waals surface area (Å²) in [6.07, 6.45) is 1.04. The van der Waals surface area contributed by atoms with Crippen molar-refractivity contribution in [3.8, 4) is 0 Å². The Bertz CT molecular complexity index is 444. The van der Waals surface area contributed by atoms with Crippen molar-refractivity contribution in [3.05, 3.63) is 30.1 Å². The number of imidazole rings is 1. The molecule has 0 atom stereocenters. The van der Waals surface area contributed by atoms with Gasteiger partial charge in [-0.3, -0.25) is 5.32 Å². The molecule has 1 aliphatic heterocycles. The van der Waals surface area contributed by atoms with Crippen molar-refractivity contribution in [1.82, 2.24) is 14.9 Å². The molecule has 1 aliphatic rings. The summed E-state index contributed by atoms with van der Waals surface area (Å²) in [5, 5.41) is 3.34. The van der Waals surface area contributed by atoms with Gasteiger partial charge in [-0.1, -0.05) is 12.1 Å². The molecule has 0 unspecified atom stereocenters. The lowest BCUT2D eigenvalue weighted by molar-refractivity contribution is 0.497. The Morgan fingerprint density at radius 3 is 3.23 bits per heavy atom. The number of nitrogens with zero attached hydrogens (tertiary/aromatic N) is 2. The maximum absolute atomic E-state index is 4.58. The number of aromatic nitrogens is 2. The molecule has 0 saturated heterocycles. The van der Waals surface area contributed by atoms with Crippen LogP contribution in [0, 0.1) is 0 Å². The van der Waals surface area contributed by atoms with Gasteiger partial charge in [0.05, 0.1) is 17.7 Å². The van der Waals surface area contributed by atoms with Crippen LogP contribution < -0.4 is 5.32 Å². The molecule has 1 N–H and O–H groups in total. The maximum atomic E-state index is 4.58. The van der Waals surface area contributed by atoms with E-state index in [9.17, 15) is 0 Å². The van der Waals surface area contributed by atoms with Crippen LogP contribution in [0.15, 0.2) is 24.3 Å². The average molecular weight is 173 g/mol. The van der Waals surface area contributed by atoms with Gasteiger partial charge in [0, 0.05) is 13.0 Å². The smallest absolute Gasteiger partial charge is 0.112 e. The van der Waals surface area contributed by atoms with Crippen molar-refractivity contribution in [2.75, 3.05) is 6.54 Å². The molecule has 66 valence electrons. The Hall–Kier alpha value is -1.35. The highest BCUT2D eigenvalue weighted by molar-refractivity contribution is 5.75. The van der Waals surface area contributed by atoms with E-state index < -0.39 is 0 Å². The van der Waals surface area contributed by atoms with Crippen LogP contribution in [-0.2, 0) is 13.1 Å². The van der Waals surface area contributed by atoms with Crippen molar-refractivity contribution >= 4 is 11.0 Å². The molecule has 1 aromatic heterocycles. The van der Waals surface area contributed by atoms with Gasteiger partial charge in [-0.05, 0) is 12.1 Å². The lowest BCUT2D eigenvalue weighted by Crippen LogP contribution is -2.28. The third-order valence-corrected chi connectivity index (χ3v) is 2.53. The number of nitrogens with one attached hydrogen (secondary N) is 1. The molecule has 0 fully saturated rings. The normalized spacial score (nSPS) is 16.0. The third kappa shape index (κ3) is 0.971. The van der Waals surface area contributed by atoms with Gasteiger partial charge in [-0.15, -0.1) is 0 Å². The molecule has 0 saturated carbocycles. The molecule has 2 heterocycles. The summed E-state index contributed by atoms with van der Waals surface area (Å²) < 4.78 is 2.25. The van der Waals surface area contributed by atoms with E-state index >= 15 is 0 Å². The molecule has 0 bridgehead atoms. The lowest BCUT2D eigenvalue weighted by atomic mass is 10.3. The molecule has 2 aromatic rings.